The van der Waals surface area contributed by atoms with Gasteiger partial charge < -0.3 is 0 Å². The van der Waals surface area contributed by atoms with Crippen LogP contribution in [0.2, 0.25) is 0 Å². The molecule has 0 saturated carbocycles. The first kappa shape index (κ1) is 16.7. The van der Waals surface area contributed by atoms with Crippen molar-refractivity contribution in [3.05, 3.63) is 65.7 Å². The molecule has 0 aliphatic carbocycles. The normalized spacial score (nSPS) is 12.1. The van der Waals surface area contributed by atoms with Gasteiger partial charge in [0.05, 0.1) is 5.69 Å². The Morgan fingerprint density at radius 3 is 2.09 bits per heavy atom. The second kappa shape index (κ2) is 6.64. The predicted octanol–water partition coefficient (Wildman–Crippen LogP) is 3.97. The molecule has 0 heterocycles. The molecule has 0 aromatic heterocycles. The van der Waals surface area contributed by atoms with Gasteiger partial charge in [-0.25, -0.2) is 0 Å². The van der Waals surface area contributed by atoms with Gasteiger partial charge in [-0.05, 0) is 19.1 Å². The van der Waals surface area contributed by atoms with Crippen molar-refractivity contribution >= 4 is 17.2 Å². The van der Waals surface area contributed by atoms with Crippen molar-refractivity contribution in [2.75, 3.05) is 12.1 Å². The molecule has 23 heavy (non-hydrogen) atoms. The zero-order chi connectivity index (χ0) is 17.0. The molecule has 0 saturated heterocycles. The van der Waals surface area contributed by atoms with E-state index < -0.39 is 17.7 Å². The van der Waals surface area contributed by atoms with E-state index in [2.05, 4.69) is 5.10 Å². The lowest BCUT2D eigenvalue weighted by Crippen LogP contribution is -2.33. The van der Waals surface area contributed by atoms with Crippen molar-refractivity contribution in [3.8, 4) is 0 Å². The molecule has 0 fully saturated rings. The van der Waals surface area contributed by atoms with E-state index in [-0.39, 0.29) is 5.56 Å². The number of nitrogens with zero attached hydrogens (tertiary/aromatic N) is 2. The van der Waals surface area contributed by atoms with Crippen molar-refractivity contribution in [1.29, 1.82) is 0 Å². The number of hydrogen-bond acceptors (Lipinski definition) is 3. The summed E-state index contributed by atoms with van der Waals surface area (Å²) in [4.78, 5) is 11.7. The standard InChI is InChI=1S/C17H15F3N2O/c1-12-8-10-13(11-9-12)15(16(23)17(18,19)20)21-22(2)14-6-4-3-5-7-14/h3-11H,1-2H3/b21-15+. The highest BCUT2D eigenvalue weighted by molar-refractivity contribution is 6.48. The van der Waals surface area contributed by atoms with E-state index in [0.717, 1.165) is 5.56 Å². The van der Waals surface area contributed by atoms with Crippen LogP contribution in [0.3, 0.4) is 0 Å². The van der Waals surface area contributed by atoms with Gasteiger partial charge >= 0.3 is 6.18 Å². The predicted molar refractivity (Wildman–Crippen MR) is 83.6 cm³/mol. The van der Waals surface area contributed by atoms with Gasteiger partial charge in [0, 0.05) is 12.6 Å². The molecule has 2 aromatic rings. The van der Waals surface area contributed by atoms with Crippen molar-refractivity contribution in [3.63, 3.8) is 0 Å². The second-order valence-corrected chi connectivity index (χ2v) is 5.00. The fourth-order valence-corrected chi connectivity index (χ4v) is 1.93. The van der Waals surface area contributed by atoms with E-state index >= 15 is 0 Å². The van der Waals surface area contributed by atoms with Gasteiger partial charge in [0.15, 0.2) is 0 Å². The van der Waals surface area contributed by atoms with E-state index in [4.69, 9.17) is 0 Å². The minimum absolute atomic E-state index is 0.126. The van der Waals surface area contributed by atoms with Gasteiger partial charge in [0.2, 0.25) is 0 Å². The summed E-state index contributed by atoms with van der Waals surface area (Å²) < 4.78 is 38.6. The molecule has 0 aliphatic rings. The molecule has 3 nitrogen and oxygen atoms in total. The third-order valence-corrected chi connectivity index (χ3v) is 3.18. The van der Waals surface area contributed by atoms with Gasteiger partial charge in [-0.3, -0.25) is 9.80 Å². The Kier molecular flexibility index (Phi) is 4.83. The van der Waals surface area contributed by atoms with Crippen molar-refractivity contribution in [2.24, 2.45) is 5.10 Å². The average Bonchev–Trinajstić information content (AvgIpc) is 2.52. The van der Waals surface area contributed by atoms with Gasteiger partial charge in [0.25, 0.3) is 5.78 Å². The van der Waals surface area contributed by atoms with Crippen LogP contribution in [0.4, 0.5) is 18.9 Å². The molecule has 2 rings (SSSR count). The van der Waals surface area contributed by atoms with Crippen LogP contribution in [-0.2, 0) is 4.79 Å². The van der Waals surface area contributed by atoms with E-state index in [1.807, 2.05) is 6.92 Å². The second-order valence-electron chi connectivity index (χ2n) is 5.00. The van der Waals surface area contributed by atoms with Crippen LogP contribution in [0.1, 0.15) is 11.1 Å². The van der Waals surface area contributed by atoms with Crippen molar-refractivity contribution in [1.82, 2.24) is 0 Å². The Morgan fingerprint density at radius 1 is 1.00 bits per heavy atom. The summed E-state index contributed by atoms with van der Waals surface area (Å²) in [6, 6.07) is 14.8. The lowest BCUT2D eigenvalue weighted by Gasteiger charge is -2.16. The molecular formula is C17H15F3N2O. The lowest BCUT2D eigenvalue weighted by molar-refractivity contribution is -0.163. The highest BCUT2D eigenvalue weighted by Crippen LogP contribution is 2.21. The Balaban J connectivity index is 2.47. The minimum atomic E-state index is -4.98. The zero-order valence-electron chi connectivity index (χ0n) is 12.6. The molecule has 0 N–H and O–H groups in total. The Labute approximate surface area is 132 Å². The number of alkyl halides is 3. The molecule has 0 bridgehead atoms. The quantitative estimate of drug-likeness (QED) is 0.631. The maximum atomic E-state index is 12.9. The molecule has 0 atom stereocenters. The average molecular weight is 320 g/mol. The summed E-state index contributed by atoms with van der Waals surface area (Å²) >= 11 is 0. The van der Waals surface area contributed by atoms with Crippen LogP contribution in [0.25, 0.3) is 0 Å². The van der Waals surface area contributed by atoms with Gasteiger partial charge in [-0.2, -0.15) is 18.3 Å². The Morgan fingerprint density at radius 2 is 1.57 bits per heavy atom. The monoisotopic (exact) mass is 320 g/mol. The number of carbonyl (C=O) groups excluding carboxylic acids is 1. The highest BCUT2D eigenvalue weighted by atomic mass is 19.4. The fourth-order valence-electron chi connectivity index (χ4n) is 1.93. The zero-order valence-corrected chi connectivity index (χ0v) is 12.6. The first-order valence-corrected chi connectivity index (χ1v) is 6.85. The number of benzene rings is 2. The number of aryl methyl sites for hydroxylation is 1. The maximum Gasteiger partial charge on any atom is 0.456 e. The van der Waals surface area contributed by atoms with E-state index in [1.54, 1.807) is 42.5 Å². The van der Waals surface area contributed by atoms with Crippen LogP contribution in [-0.4, -0.2) is 24.7 Å². The summed E-state index contributed by atoms with van der Waals surface area (Å²) in [5, 5.41) is 5.14. The molecule has 120 valence electrons. The molecular weight excluding hydrogens is 305 g/mol. The minimum Gasteiger partial charge on any atom is -0.282 e. The first-order chi connectivity index (χ1) is 10.8. The van der Waals surface area contributed by atoms with Crippen molar-refractivity contribution < 1.29 is 18.0 Å². The number of ketones is 1. The first-order valence-electron chi connectivity index (χ1n) is 6.85. The lowest BCUT2D eigenvalue weighted by atomic mass is 10.0. The number of halogens is 3. The number of anilines is 1. The Bertz CT molecular complexity index is 707. The number of Topliss-reactive ketones (excluding diaryl/α,β-unsaturated/α-hetero) is 1. The van der Waals surface area contributed by atoms with Crippen LogP contribution >= 0.6 is 0 Å². The Hall–Kier alpha value is -2.63. The van der Waals surface area contributed by atoms with E-state index in [0.29, 0.717) is 5.69 Å². The third kappa shape index (κ3) is 4.18. The molecule has 0 amide bonds. The van der Waals surface area contributed by atoms with Gasteiger partial charge in [-0.1, -0.05) is 48.0 Å². The summed E-state index contributed by atoms with van der Waals surface area (Å²) in [6.45, 7) is 1.81. The largest absolute Gasteiger partial charge is 0.456 e. The molecule has 6 heteroatoms. The number of carbonyl (C=O) groups is 1. The number of para-hydroxylation sites is 1. The topological polar surface area (TPSA) is 32.7 Å². The van der Waals surface area contributed by atoms with Crippen LogP contribution < -0.4 is 5.01 Å². The fraction of sp³-hybridized carbons (Fsp3) is 0.176. The van der Waals surface area contributed by atoms with Crippen LogP contribution in [0.5, 0.6) is 0 Å². The molecule has 0 unspecified atom stereocenters. The van der Waals surface area contributed by atoms with E-state index in [1.165, 1.54) is 24.2 Å². The number of hydrogen-bond donors (Lipinski definition) is 0. The highest BCUT2D eigenvalue weighted by Gasteiger charge is 2.42. The third-order valence-electron chi connectivity index (χ3n) is 3.18. The number of hydrazone groups is 1. The summed E-state index contributed by atoms with van der Waals surface area (Å²) in [7, 11) is 1.49. The summed E-state index contributed by atoms with van der Waals surface area (Å²) in [5.74, 6) is -1.97. The molecule has 0 spiro atoms. The van der Waals surface area contributed by atoms with Gasteiger partial charge in [-0.15, -0.1) is 0 Å². The maximum absolute atomic E-state index is 12.9. The summed E-state index contributed by atoms with van der Waals surface area (Å²) in [5.41, 5.74) is 0.945. The van der Waals surface area contributed by atoms with E-state index in [9.17, 15) is 18.0 Å². The van der Waals surface area contributed by atoms with Crippen molar-refractivity contribution in [2.45, 2.75) is 13.1 Å². The smallest absolute Gasteiger partial charge is 0.282 e. The number of rotatable bonds is 4. The van der Waals surface area contributed by atoms with Crippen LogP contribution in [0.15, 0.2) is 59.7 Å². The van der Waals surface area contributed by atoms with Crippen LogP contribution in [0, 0.1) is 6.92 Å². The SMILES string of the molecule is Cc1ccc(/C(=N\N(C)c2ccccc2)C(=O)C(F)(F)F)cc1. The molecule has 0 aliphatic heterocycles. The molecule has 2 aromatic carbocycles. The summed E-state index contributed by atoms with van der Waals surface area (Å²) in [6.07, 6.45) is -4.98. The van der Waals surface area contributed by atoms with Gasteiger partial charge in [0.1, 0.15) is 5.71 Å². The molecule has 0 radical (unpaired) electrons.